The second kappa shape index (κ2) is 8.57. The number of carbonyl (C=O) groups excluding carboxylic acids is 1. The van der Waals surface area contributed by atoms with Crippen molar-refractivity contribution in [2.45, 2.75) is 13.8 Å². The summed E-state index contributed by atoms with van der Waals surface area (Å²) in [7, 11) is 1.64. The van der Waals surface area contributed by atoms with Crippen LogP contribution in [0, 0.1) is 6.92 Å². The van der Waals surface area contributed by atoms with Crippen molar-refractivity contribution < 1.29 is 14.3 Å². The highest BCUT2D eigenvalue weighted by Gasteiger charge is 2.23. The number of rotatable bonds is 5. The van der Waals surface area contributed by atoms with Gasteiger partial charge in [0.05, 0.1) is 19.4 Å². The van der Waals surface area contributed by atoms with E-state index in [1.165, 1.54) is 0 Å². The molecule has 0 aliphatic carbocycles. The SMILES string of the molecule is CCOC(=O)N1CCN(c2cc(Nc3ccccc3OC)nc(C)n2)CC1. The third kappa shape index (κ3) is 4.58. The van der Waals surface area contributed by atoms with Gasteiger partial charge in [-0.1, -0.05) is 12.1 Å². The number of methoxy groups -OCH3 is 1. The van der Waals surface area contributed by atoms with Gasteiger partial charge in [-0.15, -0.1) is 0 Å². The third-order valence-corrected chi connectivity index (χ3v) is 4.32. The Morgan fingerprint density at radius 2 is 1.93 bits per heavy atom. The van der Waals surface area contributed by atoms with Crippen LogP contribution < -0.4 is 15.0 Å². The Morgan fingerprint density at radius 3 is 2.63 bits per heavy atom. The van der Waals surface area contributed by atoms with Crippen molar-refractivity contribution in [2.75, 3.05) is 50.1 Å². The molecule has 1 aliphatic rings. The van der Waals surface area contributed by atoms with Gasteiger partial charge < -0.3 is 24.6 Å². The number of aromatic nitrogens is 2. The molecular weight excluding hydrogens is 346 g/mol. The number of benzene rings is 1. The fraction of sp³-hybridized carbons (Fsp3) is 0.421. The quantitative estimate of drug-likeness (QED) is 0.866. The largest absolute Gasteiger partial charge is 0.495 e. The van der Waals surface area contributed by atoms with Crippen molar-refractivity contribution in [1.82, 2.24) is 14.9 Å². The number of ether oxygens (including phenoxy) is 2. The van der Waals surface area contributed by atoms with E-state index < -0.39 is 0 Å². The molecule has 0 spiro atoms. The molecule has 8 nitrogen and oxygen atoms in total. The van der Waals surface area contributed by atoms with Gasteiger partial charge in [0.2, 0.25) is 0 Å². The van der Waals surface area contributed by atoms with Crippen molar-refractivity contribution in [3.63, 3.8) is 0 Å². The Bertz CT molecular complexity index is 791. The van der Waals surface area contributed by atoms with E-state index in [0.717, 1.165) is 17.3 Å². The molecule has 144 valence electrons. The van der Waals surface area contributed by atoms with E-state index in [9.17, 15) is 4.79 Å². The van der Waals surface area contributed by atoms with Gasteiger partial charge in [-0.3, -0.25) is 0 Å². The lowest BCUT2D eigenvalue weighted by atomic mass is 10.3. The van der Waals surface area contributed by atoms with Crippen molar-refractivity contribution >= 4 is 23.4 Å². The van der Waals surface area contributed by atoms with Gasteiger partial charge in [-0.2, -0.15) is 0 Å². The van der Waals surface area contributed by atoms with Crippen LogP contribution in [0.25, 0.3) is 0 Å². The zero-order valence-electron chi connectivity index (χ0n) is 15.9. The van der Waals surface area contributed by atoms with Crippen LogP contribution in [0.15, 0.2) is 30.3 Å². The van der Waals surface area contributed by atoms with Gasteiger partial charge in [0, 0.05) is 32.2 Å². The lowest BCUT2D eigenvalue weighted by Crippen LogP contribution is -2.49. The van der Waals surface area contributed by atoms with Crippen LogP contribution in [0.4, 0.5) is 22.1 Å². The van der Waals surface area contributed by atoms with Gasteiger partial charge in [0.25, 0.3) is 0 Å². The van der Waals surface area contributed by atoms with Crippen molar-refractivity contribution in [3.8, 4) is 5.75 Å². The number of para-hydroxylation sites is 2. The summed E-state index contributed by atoms with van der Waals surface area (Å²) in [5.41, 5.74) is 0.844. The Labute approximate surface area is 159 Å². The van der Waals surface area contributed by atoms with Crippen LogP contribution in [0.5, 0.6) is 5.75 Å². The normalized spacial score (nSPS) is 14.0. The summed E-state index contributed by atoms with van der Waals surface area (Å²) in [6, 6.07) is 9.61. The summed E-state index contributed by atoms with van der Waals surface area (Å²) < 4.78 is 10.5. The second-order valence-corrected chi connectivity index (χ2v) is 6.16. The lowest BCUT2D eigenvalue weighted by Gasteiger charge is -2.34. The molecule has 2 heterocycles. The minimum absolute atomic E-state index is 0.255. The minimum Gasteiger partial charge on any atom is -0.495 e. The van der Waals surface area contributed by atoms with E-state index in [1.807, 2.05) is 44.2 Å². The molecule has 0 saturated carbocycles. The van der Waals surface area contributed by atoms with E-state index in [1.54, 1.807) is 12.0 Å². The Kier molecular flexibility index (Phi) is 5.95. The van der Waals surface area contributed by atoms with Crippen molar-refractivity contribution in [2.24, 2.45) is 0 Å². The van der Waals surface area contributed by atoms with Crippen LogP contribution in [0.3, 0.4) is 0 Å². The van der Waals surface area contributed by atoms with E-state index in [-0.39, 0.29) is 6.09 Å². The molecular formula is C19H25N5O3. The van der Waals surface area contributed by atoms with Crippen LogP contribution in [0.1, 0.15) is 12.7 Å². The van der Waals surface area contributed by atoms with Gasteiger partial charge in [-0.25, -0.2) is 14.8 Å². The monoisotopic (exact) mass is 371 g/mol. The highest BCUT2D eigenvalue weighted by atomic mass is 16.6. The lowest BCUT2D eigenvalue weighted by molar-refractivity contribution is 0.105. The Morgan fingerprint density at radius 1 is 1.19 bits per heavy atom. The van der Waals surface area contributed by atoms with Crippen LogP contribution in [-0.4, -0.2) is 60.9 Å². The average Bonchev–Trinajstić information content (AvgIpc) is 2.68. The number of anilines is 3. The molecule has 1 fully saturated rings. The number of aryl methyl sites for hydroxylation is 1. The van der Waals surface area contributed by atoms with Crippen molar-refractivity contribution in [3.05, 3.63) is 36.2 Å². The highest BCUT2D eigenvalue weighted by molar-refractivity contribution is 5.68. The van der Waals surface area contributed by atoms with Gasteiger partial charge in [-0.05, 0) is 26.0 Å². The Hall–Kier alpha value is -3.03. The van der Waals surface area contributed by atoms with E-state index in [4.69, 9.17) is 9.47 Å². The number of carbonyl (C=O) groups is 1. The zero-order valence-corrected chi connectivity index (χ0v) is 15.9. The first-order valence-corrected chi connectivity index (χ1v) is 9.03. The van der Waals surface area contributed by atoms with E-state index in [2.05, 4.69) is 20.2 Å². The van der Waals surface area contributed by atoms with Crippen LogP contribution in [0.2, 0.25) is 0 Å². The molecule has 1 aromatic carbocycles. The molecule has 8 heteroatoms. The molecule has 0 unspecified atom stereocenters. The number of piperazine rings is 1. The molecule has 1 aliphatic heterocycles. The summed E-state index contributed by atoms with van der Waals surface area (Å²) in [4.78, 5) is 24.8. The molecule has 3 rings (SSSR count). The predicted molar refractivity (Wildman–Crippen MR) is 104 cm³/mol. The molecule has 0 bridgehead atoms. The molecule has 0 atom stereocenters. The number of hydrogen-bond donors (Lipinski definition) is 1. The molecule has 1 aromatic heterocycles. The minimum atomic E-state index is -0.255. The molecule has 1 N–H and O–H groups in total. The molecule has 27 heavy (non-hydrogen) atoms. The maximum atomic E-state index is 11.9. The standard InChI is InChI=1S/C19H25N5O3/c1-4-27-19(25)24-11-9-23(10-12-24)18-13-17(20-14(2)21-18)22-15-7-5-6-8-16(15)26-3/h5-8,13H,4,9-12H2,1-3H3,(H,20,21,22). The number of amides is 1. The first-order chi connectivity index (χ1) is 13.1. The zero-order chi connectivity index (χ0) is 19.2. The number of nitrogens with zero attached hydrogens (tertiary/aromatic N) is 4. The second-order valence-electron chi connectivity index (χ2n) is 6.16. The van der Waals surface area contributed by atoms with Crippen LogP contribution in [-0.2, 0) is 4.74 Å². The number of nitrogens with one attached hydrogen (secondary N) is 1. The fourth-order valence-corrected chi connectivity index (χ4v) is 3.00. The van der Waals surface area contributed by atoms with Gasteiger partial charge in [0.15, 0.2) is 0 Å². The van der Waals surface area contributed by atoms with Gasteiger partial charge in [0.1, 0.15) is 23.2 Å². The fourth-order valence-electron chi connectivity index (χ4n) is 3.00. The summed E-state index contributed by atoms with van der Waals surface area (Å²) in [5, 5.41) is 3.30. The van der Waals surface area contributed by atoms with E-state index >= 15 is 0 Å². The molecule has 2 aromatic rings. The van der Waals surface area contributed by atoms with Crippen molar-refractivity contribution in [1.29, 1.82) is 0 Å². The van der Waals surface area contributed by atoms with Gasteiger partial charge >= 0.3 is 6.09 Å². The van der Waals surface area contributed by atoms with E-state index in [0.29, 0.717) is 44.4 Å². The average molecular weight is 371 g/mol. The third-order valence-electron chi connectivity index (χ3n) is 4.32. The highest BCUT2D eigenvalue weighted by Crippen LogP contribution is 2.27. The molecule has 1 saturated heterocycles. The summed E-state index contributed by atoms with van der Waals surface area (Å²) in [6.07, 6.45) is -0.255. The smallest absolute Gasteiger partial charge is 0.409 e. The maximum absolute atomic E-state index is 11.9. The predicted octanol–water partition coefficient (Wildman–Crippen LogP) is 2.82. The first kappa shape index (κ1) is 18.8. The summed E-state index contributed by atoms with van der Waals surface area (Å²) in [6.45, 7) is 6.68. The summed E-state index contributed by atoms with van der Waals surface area (Å²) in [5.74, 6) is 2.97. The van der Waals surface area contributed by atoms with Crippen LogP contribution >= 0.6 is 0 Å². The molecule has 0 radical (unpaired) electrons. The topological polar surface area (TPSA) is 79.8 Å². The Balaban J connectivity index is 1.72. The number of hydrogen-bond acceptors (Lipinski definition) is 7. The summed E-state index contributed by atoms with van der Waals surface area (Å²) >= 11 is 0. The maximum Gasteiger partial charge on any atom is 0.409 e. The first-order valence-electron chi connectivity index (χ1n) is 9.03. The molecule has 1 amide bonds.